The van der Waals surface area contributed by atoms with Crippen molar-refractivity contribution < 1.29 is 22.7 Å². The van der Waals surface area contributed by atoms with E-state index in [1.165, 1.54) is 6.07 Å². The summed E-state index contributed by atoms with van der Waals surface area (Å²) in [4.78, 5) is 14.7. The van der Waals surface area contributed by atoms with Crippen LogP contribution < -0.4 is 5.32 Å². The lowest BCUT2D eigenvalue weighted by molar-refractivity contribution is -0.137. The number of amides is 1. The molecule has 7 heteroatoms. The van der Waals surface area contributed by atoms with Gasteiger partial charge in [0.15, 0.2) is 0 Å². The molecule has 0 aromatic heterocycles. The summed E-state index contributed by atoms with van der Waals surface area (Å²) in [5, 5.41) is 3.23. The Hall–Kier alpha value is -2.54. The summed E-state index contributed by atoms with van der Waals surface area (Å²) >= 11 is 0. The van der Waals surface area contributed by atoms with E-state index in [4.69, 9.17) is 4.74 Å². The van der Waals surface area contributed by atoms with Crippen LogP contribution in [0, 0.1) is 0 Å². The predicted molar refractivity (Wildman–Crippen MR) is 94.3 cm³/mol. The molecule has 2 aliphatic heterocycles. The molecule has 2 aromatic rings. The highest BCUT2D eigenvalue weighted by atomic mass is 19.4. The summed E-state index contributed by atoms with van der Waals surface area (Å²) in [5.74, 6) is -0.206. The van der Waals surface area contributed by atoms with Crippen molar-refractivity contribution in [1.29, 1.82) is 0 Å². The molecule has 2 aliphatic rings. The molecule has 4 nitrogen and oxygen atoms in total. The molecule has 0 spiro atoms. The van der Waals surface area contributed by atoms with E-state index in [2.05, 4.69) is 5.32 Å². The predicted octanol–water partition coefficient (Wildman–Crippen LogP) is 4.45. The van der Waals surface area contributed by atoms with Crippen LogP contribution in [-0.4, -0.2) is 30.1 Å². The van der Waals surface area contributed by atoms with Crippen LogP contribution in [0.4, 0.5) is 18.9 Å². The number of nitrogens with one attached hydrogen (secondary N) is 1. The van der Waals surface area contributed by atoms with Crippen LogP contribution in [0.3, 0.4) is 0 Å². The summed E-state index contributed by atoms with van der Waals surface area (Å²) < 4.78 is 45.1. The van der Waals surface area contributed by atoms with E-state index in [1.54, 1.807) is 35.2 Å². The van der Waals surface area contributed by atoms with E-state index in [-0.39, 0.29) is 12.0 Å². The summed E-state index contributed by atoms with van der Waals surface area (Å²) in [6.07, 6.45) is -3.47. The van der Waals surface area contributed by atoms with Gasteiger partial charge in [0, 0.05) is 18.8 Å². The molecule has 0 saturated carbocycles. The zero-order chi connectivity index (χ0) is 19.0. The number of carbonyl (C=O) groups is 1. The summed E-state index contributed by atoms with van der Waals surface area (Å²) in [7, 11) is 0. The van der Waals surface area contributed by atoms with Gasteiger partial charge in [-0.1, -0.05) is 24.3 Å². The smallest absolute Gasteiger partial charge is 0.376 e. The maximum Gasteiger partial charge on any atom is 0.416 e. The van der Waals surface area contributed by atoms with Crippen LogP contribution in [0.1, 0.15) is 40.5 Å². The lowest BCUT2D eigenvalue weighted by Gasteiger charge is -2.39. The van der Waals surface area contributed by atoms with Gasteiger partial charge >= 0.3 is 6.18 Å². The number of carbonyl (C=O) groups excluding carboxylic acids is 1. The molecule has 0 bridgehead atoms. The lowest BCUT2D eigenvalue weighted by Crippen LogP contribution is -2.46. The first-order chi connectivity index (χ1) is 12.9. The average Bonchev–Trinajstić information content (AvgIpc) is 3.16. The van der Waals surface area contributed by atoms with Crippen molar-refractivity contribution in [3.63, 3.8) is 0 Å². The number of hydrogen-bond donors (Lipinski definition) is 1. The Morgan fingerprint density at radius 3 is 2.70 bits per heavy atom. The Morgan fingerprint density at radius 1 is 1.15 bits per heavy atom. The Kier molecular flexibility index (Phi) is 4.55. The molecule has 0 radical (unpaired) electrons. The van der Waals surface area contributed by atoms with Crippen molar-refractivity contribution >= 4 is 11.6 Å². The zero-order valence-electron chi connectivity index (χ0n) is 14.5. The molecule has 4 rings (SSSR count). The highest BCUT2D eigenvalue weighted by molar-refractivity contribution is 6.01. The topological polar surface area (TPSA) is 41.6 Å². The minimum absolute atomic E-state index is 0.102. The Labute approximate surface area is 154 Å². The van der Waals surface area contributed by atoms with Gasteiger partial charge in [-0.15, -0.1) is 0 Å². The van der Waals surface area contributed by atoms with Crippen LogP contribution in [0.15, 0.2) is 48.5 Å². The fourth-order valence-electron chi connectivity index (χ4n) is 3.64. The highest BCUT2D eigenvalue weighted by Gasteiger charge is 2.37. The normalized spacial score (nSPS) is 22.5. The lowest BCUT2D eigenvalue weighted by atomic mass is 10.0. The summed E-state index contributed by atoms with van der Waals surface area (Å²) in [6.45, 7) is 0.978. The van der Waals surface area contributed by atoms with E-state index >= 15 is 0 Å². The van der Waals surface area contributed by atoms with Gasteiger partial charge in [0.1, 0.15) is 6.17 Å². The molecule has 142 valence electrons. The number of anilines is 1. The zero-order valence-corrected chi connectivity index (χ0v) is 14.5. The fraction of sp³-hybridized carbons (Fsp3) is 0.350. The molecule has 2 aromatic carbocycles. The van der Waals surface area contributed by atoms with E-state index < -0.39 is 17.9 Å². The van der Waals surface area contributed by atoms with Gasteiger partial charge in [0.05, 0.1) is 17.2 Å². The van der Waals surface area contributed by atoms with Crippen molar-refractivity contribution in [2.24, 2.45) is 0 Å². The Bertz CT molecular complexity index is 847. The Balaban J connectivity index is 1.73. The minimum Gasteiger partial charge on any atom is -0.376 e. The van der Waals surface area contributed by atoms with Gasteiger partial charge in [-0.05, 0) is 42.7 Å². The van der Waals surface area contributed by atoms with Gasteiger partial charge < -0.3 is 15.0 Å². The monoisotopic (exact) mass is 376 g/mol. The highest BCUT2D eigenvalue weighted by Crippen LogP contribution is 2.36. The number of nitrogens with zero attached hydrogens (tertiary/aromatic N) is 1. The van der Waals surface area contributed by atoms with Crippen molar-refractivity contribution in [3.05, 3.63) is 65.2 Å². The summed E-state index contributed by atoms with van der Waals surface area (Å²) in [6, 6.07) is 12.2. The van der Waals surface area contributed by atoms with Crippen molar-refractivity contribution in [3.8, 4) is 0 Å². The summed E-state index contributed by atoms with van der Waals surface area (Å²) in [5.41, 5.74) is 0.795. The first-order valence-electron chi connectivity index (χ1n) is 8.89. The van der Waals surface area contributed by atoms with E-state index in [1.807, 2.05) is 0 Å². The maximum absolute atomic E-state index is 13.2. The van der Waals surface area contributed by atoms with E-state index in [9.17, 15) is 18.0 Å². The minimum atomic E-state index is -4.44. The first-order valence-corrected chi connectivity index (χ1v) is 8.89. The van der Waals surface area contributed by atoms with Gasteiger partial charge in [0.25, 0.3) is 5.91 Å². The number of alkyl halides is 3. The largest absolute Gasteiger partial charge is 0.416 e. The third-order valence-electron chi connectivity index (χ3n) is 4.98. The first kappa shape index (κ1) is 17.9. The van der Waals surface area contributed by atoms with E-state index in [0.29, 0.717) is 30.0 Å². The maximum atomic E-state index is 13.2. The van der Waals surface area contributed by atoms with Crippen LogP contribution in [-0.2, 0) is 10.9 Å². The molecular formula is C20H19F3N2O2. The number of ether oxygens (including phenoxy) is 1. The number of fused-ring (bicyclic) bond motifs is 1. The number of benzene rings is 2. The van der Waals surface area contributed by atoms with Crippen LogP contribution in [0.2, 0.25) is 0 Å². The molecule has 1 amide bonds. The van der Waals surface area contributed by atoms with Gasteiger partial charge in [-0.2, -0.15) is 13.2 Å². The molecule has 2 atom stereocenters. The van der Waals surface area contributed by atoms with Crippen molar-refractivity contribution in [2.45, 2.75) is 31.3 Å². The molecule has 0 aliphatic carbocycles. The van der Waals surface area contributed by atoms with Gasteiger partial charge in [-0.25, -0.2) is 0 Å². The quantitative estimate of drug-likeness (QED) is 0.861. The molecule has 1 fully saturated rings. The molecule has 1 saturated heterocycles. The van der Waals surface area contributed by atoms with Gasteiger partial charge in [0.2, 0.25) is 0 Å². The number of halogens is 3. The number of para-hydroxylation sites is 1. The third kappa shape index (κ3) is 3.51. The van der Waals surface area contributed by atoms with E-state index in [0.717, 1.165) is 25.0 Å². The average molecular weight is 376 g/mol. The SMILES string of the molecule is O=C1c2ccccc2N[C@H](c2cccc(C(F)(F)F)c2)N1C[C@H]1CCCO1. The third-order valence-corrected chi connectivity index (χ3v) is 4.98. The second-order valence-corrected chi connectivity index (χ2v) is 6.81. The second kappa shape index (κ2) is 6.88. The van der Waals surface area contributed by atoms with Gasteiger partial charge in [-0.3, -0.25) is 4.79 Å². The molecule has 27 heavy (non-hydrogen) atoms. The molecule has 0 unspecified atom stereocenters. The number of rotatable bonds is 3. The van der Waals surface area contributed by atoms with Crippen molar-refractivity contribution in [2.75, 3.05) is 18.5 Å². The fourth-order valence-corrected chi connectivity index (χ4v) is 3.64. The van der Waals surface area contributed by atoms with Crippen molar-refractivity contribution in [1.82, 2.24) is 4.90 Å². The molecular weight excluding hydrogens is 357 g/mol. The Morgan fingerprint density at radius 2 is 1.96 bits per heavy atom. The number of hydrogen-bond acceptors (Lipinski definition) is 3. The molecule has 2 heterocycles. The van der Waals surface area contributed by atoms with Crippen LogP contribution in [0.25, 0.3) is 0 Å². The molecule has 1 N–H and O–H groups in total. The van der Waals surface area contributed by atoms with Crippen LogP contribution >= 0.6 is 0 Å². The second-order valence-electron chi connectivity index (χ2n) is 6.81. The van der Waals surface area contributed by atoms with Crippen LogP contribution in [0.5, 0.6) is 0 Å². The standard InChI is InChI=1S/C20H19F3N2O2/c21-20(22,23)14-6-3-5-13(11-14)18-24-17-9-2-1-8-16(17)19(26)25(18)12-15-7-4-10-27-15/h1-3,5-6,8-9,11,15,18,24H,4,7,10,12H2/t15-,18+/m1/s1.